The van der Waals surface area contributed by atoms with Crippen LogP contribution in [0.15, 0.2) is 30.6 Å². The van der Waals surface area contributed by atoms with Crippen LogP contribution in [0.5, 0.6) is 0 Å². The molecule has 0 unspecified atom stereocenters. The molecule has 5 heteroatoms. The molecular weight excluding hydrogens is 253 g/mol. The summed E-state index contributed by atoms with van der Waals surface area (Å²) in [6.07, 6.45) is 3.22. The molecule has 0 saturated heterocycles. The largest absolute Gasteiger partial charge is 0.320 e. The first-order valence-corrected chi connectivity index (χ1v) is 5.71. The van der Waals surface area contributed by atoms with Crippen molar-refractivity contribution in [2.75, 3.05) is 6.54 Å². The van der Waals surface area contributed by atoms with Gasteiger partial charge in [0.1, 0.15) is 5.82 Å². The van der Waals surface area contributed by atoms with Crippen LogP contribution in [0.3, 0.4) is 0 Å². The smallest absolute Gasteiger partial charge is 0.124 e. The Labute approximate surface area is 109 Å². The van der Waals surface area contributed by atoms with E-state index < -0.39 is 0 Å². The van der Waals surface area contributed by atoms with Gasteiger partial charge in [0.25, 0.3) is 0 Å². The van der Waals surface area contributed by atoms with E-state index in [1.54, 1.807) is 16.9 Å². The molecule has 92 valence electrons. The maximum Gasteiger partial charge on any atom is 0.124 e. The summed E-state index contributed by atoms with van der Waals surface area (Å²) < 4.78 is 15.0. The number of halogens is 2. The highest BCUT2D eigenvalue weighted by atomic mass is 35.5. The van der Waals surface area contributed by atoms with Gasteiger partial charge in [0, 0.05) is 11.8 Å². The molecule has 0 aliphatic rings. The van der Waals surface area contributed by atoms with Gasteiger partial charge >= 0.3 is 0 Å². The first kappa shape index (κ1) is 12.6. The summed E-state index contributed by atoms with van der Waals surface area (Å²) in [6, 6.07) is 4.63. The van der Waals surface area contributed by atoms with Crippen molar-refractivity contribution in [2.45, 2.75) is 6.54 Å². The van der Waals surface area contributed by atoms with Gasteiger partial charge in [0.15, 0.2) is 0 Å². The fourth-order valence-electron chi connectivity index (χ4n) is 1.58. The van der Waals surface area contributed by atoms with Gasteiger partial charge in [-0.15, -0.1) is 0 Å². The van der Waals surface area contributed by atoms with E-state index in [4.69, 9.17) is 17.3 Å². The Bertz CT molecular complexity index is 610. The van der Waals surface area contributed by atoms with Crippen molar-refractivity contribution in [3.05, 3.63) is 52.6 Å². The molecule has 18 heavy (non-hydrogen) atoms. The Balaban J connectivity index is 2.25. The van der Waals surface area contributed by atoms with E-state index in [-0.39, 0.29) is 12.4 Å². The number of rotatable bonds is 2. The van der Waals surface area contributed by atoms with Crippen molar-refractivity contribution in [3.63, 3.8) is 0 Å². The van der Waals surface area contributed by atoms with Crippen LogP contribution in [-0.4, -0.2) is 16.3 Å². The number of hydrogen-bond donors (Lipinski definition) is 1. The van der Waals surface area contributed by atoms with E-state index in [1.165, 1.54) is 18.3 Å². The second-order valence-electron chi connectivity index (χ2n) is 3.71. The predicted octanol–water partition coefficient (Wildman–Crippen LogP) is 2.03. The van der Waals surface area contributed by atoms with Gasteiger partial charge in [0.05, 0.1) is 24.3 Å². The minimum Gasteiger partial charge on any atom is -0.320 e. The summed E-state index contributed by atoms with van der Waals surface area (Å²) >= 11 is 5.76. The van der Waals surface area contributed by atoms with Crippen LogP contribution in [0.25, 0.3) is 0 Å². The lowest BCUT2D eigenvalue weighted by atomic mass is 10.1. The van der Waals surface area contributed by atoms with Gasteiger partial charge in [-0.05, 0) is 23.8 Å². The molecule has 0 atom stereocenters. The van der Waals surface area contributed by atoms with Crippen LogP contribution < -0.4 is 5.73 Å². The third-order valence-electron chi connectivity index (χ3n) is 2.24. The van der Waals surface area contributed by atoms with Crippen LogP contribution >= 0.6 is 11.6 Å². The SMILES string of the molecule is NCC#Cc1cc(F)cc(Cn2cc(Cl)cn2)c1. The molecule has 0 bridgehead atoms. The van der Waals surface area contributed by atoms with Crippen molar-refractivity contribution in [1.82, 2.24) is 9.78 Å². The highest BCUT2D eigenvalue weighted by Gasteiger charge is 2.02. The van der Waals surface area contributed by atoms with Gasteiger partial charge in [-0.2, -0.15) is 5.10 Å². The van der Waals surface area contributed by atoms with E-state index in [0.717, 1.165) is 5.56 Å². The lowest BCUT2D eigenvalue weighted by Crippen LogP contribution is -2.01. The first-order chi connectivity index (χ1) is 8.67. The van der Waals surface area contributed by atoms with Gasteiger partial charge in [-0.1, -0.05) is 23.4 Å². The van der Waals surface area contributed by atoms with Crippen LogP contribution in [0.4, 0.5) is 4.39 Å². The minimum absolute atomic E-state index is 0.251. The van der Waals surface area contributed by atoms with E-state index in [2.05, 4.69) is 16.9 Å². The van der Waals surface area contributed by atoms with Crippen LogP contribution in [0, 0.1) is 17.7 Å². The van der Waals surface area contributed by atoms with Crippen LogP contribution in [0.1, 0.15) is 11.1 Å². The molecule has 0 saturated carbocycles. The third-order valence-corrected chi connectivity index (χ3v) is 2.43. The molecule has 2 aromatic rings. The normalized spacial score (nSPS) is 9.94. The Kier molecular flexibility index (Phi) is 3.98. The zero-order chi connectivity index (χ0) is 13.0. The fourth-order valence-corrected chi connectivity index (χ4v) is 1.74. The van der Waals surface area contributed by atoms with Crippen molar-refractivity contribution < 1.29 is 4.39 Å². The van der Waals surface area contributed by atoms with E-state index in [0.29, 0.717) is 17.1 Å². The summed E-state index contributed by atoms with van der Waals surface area (Å²) in [7, 11) is 0. The molecular formula is C13H11ClFN3. The van der Waals surface area contributed by atoms with E-state index >= 15 is 0 Å². The molecule has 0 aliphatic carbocycles. The number of aromatic nitrogens is 2. The highest BCUT2D eigenvalue weighted by molar-refractivity contribution is 6.30. The van der Waals surface area contributed by atoms with Crippen LogP contribution in [0.2, 0.25) is 5.02 Å². The standard InChI is InChI=1S/C13H11ClFN3/c14-12-7-17-18(9-12)8-11-4-10(2-1-3-16)5-13(15)6-11/h4-7,9H,3,8,16H2. The first-order valence-electron chi connectivity index (χ1n) is 5.34. The summed E-state index contributed by atoms with van der Waals surface area (Å²) in [4.78, 5) is 0. The Morgan fingerprint density at radius 1 is 1.39 bits per heavy atom. The van der Waals surface area contributed by atoms with E-state index in [9.17, 15) is 4.39 Å². The van der Waals surface area contributed by atoms with Gasteiger partial charge in [0.2, 0.25) is 0 Å². The summed E-state index contributed by atoms with van der Waals surface area (Å²) in [6.45, 7) is 0.697. The molecule has 0 radical (unpaired) electrons. The molecule has 0 spiro atoms. The number of nitrogens with zero attached hydrogens (tertiary/aromatic N) is 2. The monoisotopic (exact) mass is 263 g/mol. The average molecular weight is 264 g/mol. The maximum absolute atomic E-state index is 13.4. The second kappa shape index (κ2) is 5.67. The second-order valence-corrected chi connectivity index (χ2v) is 4.15. The predicted molar refractivity (Wildman–Crippen MR) is 68.7 cm³/mol. The molecule has 1 aromatic carbocycles. The quantitative estimate of drug-likeness (QED) is 0.843. The Hall–Kier alpha value is -1.83. The van der Waals surface area contributed by atoms with Crippen molar-refractivity contribution >= 4 is 11.6 Å². The highest BCUT2D eigenvalue weighted by Crippen LogP contribution is 2.11. The van der Waals surface area contributed by atoms with E-state index in [1.807, 2.05) is 0 Å². The summed E-state index contributed by atoms with van der Waals surface area (Å²) in [5.74, 6) is 5.17. The van der Waals surface area contributed by atoms with Crippen molar-refractivity contribution in [2.24, 2.45) is 5.73 Å². The van der Waals surface area contributed by atoms with Gasteiger partial charge < -0.3 is 5.73 Å². The minimum atomic E-state index is -0.327. The third kappa shape index (κ3) is 3.33. The van der Waals surface area contributed by atoms with Gasteiger partial charge in [-0.25, -0.2) is 4.39 Å². The molecule has 2 N–H and O–H groups in total. The van der Waals surface area contributed by atoms with Crippen LogP contribution in [-0.2, 0) is 6.54 Å². The topological polar surface area (TPSA) is 43.8 Å². The zero-order valence-corrected chi connectivity index (χ0v) is 10.3. The molecule has 0 amide bonds. The maximum atomic E-state index is 13.4. The average Bonchev–Trinajstić information content (AvgIpc) is 2.71. The molecule has 2 rings (SSSR count). The van der Waals surface area contributed by atoms with Crippen molar-refractivity contribution in [1.29, 1.82) is 0 Å². The van der Waals surface area contributed by atoms with Gasteiger partial charge in [-0.3, -0.25) is 4.68 Å². The summed E-state index contributed by atoms with van der Waals surface area (Å²) in [5, 5.41) is 4.59. The Morgan fingerprint density at radius 3 is 2.89 bits per heavy atom. The molecule has 1 heterocycles. The number of benzene rings is 1. The summed E-state index contributed by atoms with van der Waals surface area (Å²) in [5.41, 5.74) is 6.66. The zero-order valence-electron chi connectivity index (χ0n) is 9.53. The molecule has 3 nitrogen and oxygen atoms in total. The number of nitrogens with two attached hydrogens (primary N) is 1. The molecule has 1 aromatic heterocycles. The molecule has 0 fully saturated rings. The number of hydrogen-bond acceptors (Lipinski definition) is 2. The Morgan fingerprint density at radius 2 is 2.22 bits per heavy atom. The van der Waals surface area contributed by atoms with Crippen molar-refractivity contribution in [3.8, 4) is 11.8 Å². The fraction of sp³-hybridized carbons (Fsp3) is 0.154. The molecule has 0 aliphatic heterocycles. The lowest BCUT2D eigenvalue weighted by molar-refractivity contribution is 0.619. The lowest BCUT2D eigenvalue weighted by Gasteiger charge is -2.03.